The molecule has 4 aromatic rings. The number of hydrogen-bond donors (Lipinski definition) is 1. The summed E-state index contributed by atoms with van der Waals surface area (Å²) in [6.45, 7) is 0.698. The minimum atomic E-state index is 0.255. The molecule has 1 aliphatic rings. The van der Waals surface area contributed by atoms with Crippen LogP contribution in [0, 0.1) is 0 Å². The Morgan fingerprint density at radius 3 is 2.96 bits per heavy atom. The van der Waals surface area contributed by atoms with E-state index < -0.39 is 0 Å². The minimum Gasteiger partial charge on any atom is -0.460 e. The van der Waals surface area contributed by atoms with E-state index in [1.165, 1.54) is 5.56 Å². The van der Waals surface area contributed by atoms with Crippen LogP contribution < -0.4 is 5.32 Å². The van der Waals surface area contributed by atoms with E-state index in [0.29, 0.717) is 6.54 Å². The van der Waals surface area contributed by atoms with Crippen molar-refractivity contribution in [3.8, 4) is 11.4 Å². The van der Waals surface area contributed by atoms with E-state index in [0.717, 1.165) is 53.1 Å². The van der Waals surface area contributed by atoms with Crippen molar-refractivity contribution in [1.29, 1.82) is 0 Å². The smallest absolute Gasteiger partial charge is 0.160 e. The Hall–Kier alpha value is -3.05. The first-order valence-corrected chi connectivity index (χ1v) is 9.34. The second kappa shape index (κ2) is 6.93. The van der Waals surface area contributed by atoms with Gasteiger partial charge in [0.2, 0.25) is 0 Å². The number of furan rings is 1. The SMILES string of the molecule is c1cncc(-c2ncc3c(n2)CCC[C@H]3NCc2cc3ccccc3o2)c1. The van der Waals surface area contributed by atoms with Crippen LogP contribution in [-0.4, -0.2) is 15.0 Å². The lowest BCUT2D eigenvalue weighted by Gasteiger charge is -2.25. The second-order valence-corrected chi connectivity index (χ2v) is 6.91. The molecule has 1 aromatic carbocycles. The Bertz CT molecular complexity index is 1040. The van der Waals surface area contributed by atoms with Gasteiger partial charge in [0, 0.05) is 46.8 Å². The van der Waals surface area contributed by atoms with Gasteiger partial charge in [0.25, 0.3) is 0 Å². The molecule has 27 heavy (non-hydrogen) atoms. The quantitative estimate of drug-likeness (QED) is 0.585. The number of nitrogens with zero attached hydrogens (tertiary/aromatic N) is 3. The van der Waals surface area contributed by atoms with Crippen molar-refractivity contribution >= 4 is 11.0 Å². The van der Waals surface area contributed by atoms with Gasteiger partial charge in [-0.15, -0.1) is 0 Å². The molecule has 1 atom stereocenters. The molecule has 5 nitrogen and oxygen atoms in total. The highest BCUT2D eigenvalue weighted by Crippen LogP contribution is 2.30. The van der Waals surface area contributed by atoms with Crippen molar-refractivity contribution in [2.75, 3.05) is 0 Å². The van der Waals surface area contributed by atoms with Crippen molar-refractivity contribution < 1.29 is 4.42 Å². The van der Waals surface area contributed by atoms with E-state index in [4.69, 9.17) is 9.40 Å². The average Bonchev–Trinajstić information content (AvgIpc) is 3.15. The first-order chi connectivity index (χ1) is 13.4. The third kappa shape index (κ3) is 3.22. The van der Waals surface area contributed by atoms with E-state index in [1.54, 1.807) is 6.20 Å². The van der Waals surface area contributed by atoms with Gasteiger partial charge in [-0.2, -0.15) is 0 Å². The standard InChI is InChI=1S/C22H20N4O/c1-2-9-21-15(5-1)11-17(27-21)13-24-19-7-3-8-20-18(19)14-25-22(26-20)16-6-4-10-23-12-16/h1-2,4-6,9-12,14,19,24H,3,7-8,13H2/t19-/m1/s1. The van der Waals surface area contributed by atoms with Crippen LogP contribution in [0.4, 0.5) is 0 Å². The first-order valence-electron chi connectivity index (χ1n) is 9.34. The summed E-state index contributed by atoms with van der Waals surface area (Å²) in [5.74, 6) is 1.70. The van der Waals surface area contributed by atoms with Crippen LogP contribution in [0.25, 0.3) is 22.4 Å². The molecule has 0 amide bonds. The van der Waals surface area contributed by atoms with E-state index in [1.807, 2.05) is 42.7 Å². The van der Waals surface area contributed by atoms with Gasteiger partial charge in [-0.25, -0.2) is 9.97 Å². The van der Waals surface area contributed by atoms with Crippen molar-refractivity contribution in [2.45, 2.75) is 31.8 Å². The van der Waals surface area contributed by atoms with Crippen molar-refractivity contribution in [3.05, 3.63) is 78.1 Å². The molecule has 1 aliphatic carbocycles. The summed E-state index contributed by atoms with van der Waals surface area (Å²) in [5.41, 5.74) is 4.22. The van der Waals surface area contributed by atoms with Crippen LogP contribution in [0.1, 0.15) is 35.9 Å². The van der Waals surface area contributed by atoms with Gasteiger partial charge in [0.1, 0.15) is 11.3 Å². The highest BCUT2D eigenvalue weighted by atomic mass is 16.3. The molecule has 0 bridgehead atoms. The van der Waals surface area contributed by atoms with Crippen LogP contribution in [0.2, 0.25) is 0 Å². The summed E-state index contributed by atoms with van der Waals surface area (Å²) in [5, 5.41) is 4.77. The number of rotatable bonds is 4. The molecule has 3 aromatic heterocycles. The second-order valence-electron chi connectivity index (χ2n) is 6.91. The van der Waals surface area contributed by atoms with Gasteiger partial charge in [0.05, 0.1) is 6.54 Å². The molecule has 0 aliphatic heterocycles. The minimum absolute atomic E-state index is 0.255. The van der Waals surface area contributed by atoms with Crippen LogP contribution >= 0.6 is 0 Å². The molecular weight excluding hydrogens is 336 g/mol. The largest absolute Gasteiger partial charge is 0.460 e. The molecule has 0 spiro atoms. The zero-order valence-electron chi connectivity index (χ0n) is 14.9. The number of aryl methyl sites for hydroxylation is 1. The van der Waals surface area contributed by atoms with Crippen LogP contribution in [-0.2, 0) is 13.0 Å². The summed E-state index contributed by atoms with van der Waals surface area (Å²) in [6.07, 6.45) is 8.74. The predicted molar refractivity (Wildman–Crippen MR) is 104 cm³/mol. The molecule has 5 heteroatoms. The molecule has 0 saturated heterocycles. The molecule has 1 N–H and O–H groups in total. The number of aromatic nitrogens is 3. The van der Waals surface area contributed by atoms with E-state index in [-0.39, 0.29) is 6.04 Å². The van der Waals surface area contributed by atoms with Gasteiger partial charge in [0.15, 0.2) is 5.82 Å². The molecule has 134 valence electrons. The van der Waals surface area contributed by atoms with E-state index in [9.17, 15) is 0 Å². The third-order valence-electron chi connectivity index (χ3n) is 5.10. The number of nitrogens with one attached hydrogen (secondary N) is 1. The van der Waals surface area contributed by atoms with Gasteiger partial charge in [-0.1, -0.05) is 18.2 Å². The van der Waals surface area contributed by atoms with E-state index in [2.05, 4.69) is 27.4 Å². The van der Waals surface area contributed by atoms with Gasteiger partial charge in [-0.05, 0) is 43.5 Å². The maximum atomic E-state index is 5.92. The number of fused-ring (bicyclic) bond motifs is 2. The molecule has 3 heterocycles. The zero-order valence-corrected chi connectivity index (χ0v) is 14.9. The summed E-state index contributed by atoms with van der Waals surface area (Å²) in [6, 6.07) is 14.4. The fourth-order valence-electron chi connectivity index (χ4n) is 3.74. The topological polar surface area (TPSA) is 63.8 Å². The highest BCUT2D eigenvalue weighted by Gasteiger charge is 2.22. The summed E-state index contributed by atoms with van der Waals surface area (Å²) >= 11 is 0. The number of benzene rings is 1. The molecule has 0 saturated carbocycles. The van der Waals surface area contributed by atoms with Crippen molar-refractivity contribution in [3.63, 3.8) is 0 Å². The van der Waals surface area contributed by atoms with Gasteiger partial charge >= 0.3 is 0 Å². The zero-order chi connectivity index (χ0) is 18.1. The van der Waals surface area contributed by atoms with Crippen LogP contribution in [0.3, 0.4) is 0 Å². The average molecular weight is 356 g/mol. The Labute approximate surface area is 157 Å². The Balaban J connectivity index is 1.36. The molecule has 0 fully saturated rings. The Morgan fingerprint density at radius 1 is 1.11 bits per heavy atom. The molecule has 0 radical (unpaired) electrons. The van der Waals surface area contributed by atoms with Crippen molar-refractivity contribution in [2.24, 2.45) is 0 Å². The van der Waals surface area contributed by atoms with Crippen molar-refractivity contribution in [1.82, 2.24) is 20.3 Å². The number of hydrogen-bond acceptors (Lipinski definition) is 5. The lowest BCUT2D eigenvalue weighted by Crippen LogP contribution is -2.25. The van der Waals surface area contributed by atoms with Crippen LogP contribution in [0.5, 0.6) is 0 Å². The molecule has 0 unspecified atom stereocenters. The monoisotopic (exact) mass is 356 g/mol. The summed E-state index contributed by atoms with van der Waals surface area (Å²) in [4.78, 5) is 13.6. The maximum Gasteiger partial charge on any atom is 0.160 e. The molecular formula is C22H20N4O. The lowest BCUT2D eigenvalue weighted by atomic mass is 9.92. The maximum absolute atomic E-state index is 5.92. The molecule has 5 rings (SSSR count). The summed E-state index contributed by atoms with van der Waals surface area (Å²) < 4.78 is 5.92. The van der Waals surface area contributed by atoms with E-state index >= 15 is 0 Å². The lowest BCUT2D eigenvalue weighted by molar-refractivity contribution is 0.422. The third-order valence-corrected chi connectivity index (χ3v) is 5.10. The predicted octanol–water partition coefficient (Wildman–Crippen LogP) is 4.45. The Kier molecular flexibility index (Phi) is 4.14. The fourth-order valence-corrected chi connectivity index (χ4v) is 3.74. The normalized spacial score (nSPS) is 16.4. The Morgan fingerprint density at radius 2 is 2.07 bits per heavy atom. The summed E-state index contributed by atoms with van der Waals surface area (Å²) in [7, 11) is 0. The highest BCUT2D eigenvalue weighted by molar-refractivity contribution is 5.77. The fraction of sp³-hybridized carbons (Fsp3) is 0.227. The van der Waals surface area contributed by atoms with Crippen LogP contribution in [0.15, 0.2) is 65.5 Å². The number of para-hydroxylation sites is 1. The number of pyridine rings is 1. The van der Waals surface area contributed by atoms with Gasteiger partial charge in [-0.3, -0.25) is 4.98 Å². The van der Waals surface area contributed by atoms with Gasteiger partial charge < -0.3 is 9.73 Å². The first kappa shape index (κ1) is 16.1.